The number of ether oxygens (including phenoxy) is 1. The average molecular weight is 396 g/mol. The Hall–Kier alpha value is -2.69. The van der Waals surface area contributed by atoms with E-state index in [-0.39, 0.29) is 21.8 Å². The average Bonchev–Trinajstić information content (AvgIpc) is 2.52. The molecule has 2 heterocycles. The standard InChI is InChI=1S/C14H10ClF4N3O4/c1-3-26-12(24)10-6(15)4-7(16)11(20-10)22-9(23)5-8(14(17,18)19)21(2)13(22)25/h4-5H,3H2,1-2H3. The third-order valence-electron chi connectivity index (χ3n) is 3.20. The summed E-state index contributed by atoms with van der Waals surface area (Å²) in [5, 5.41) is -0.457. The second-order valence-electron chi connectivity index (χ2n) is 4.89. The Morgan fingerprint density at radius 3 is 2.46 bits per heavy atom. The van der Waals surface area contributed by atoms with Gasteiger partial charge in [0.05, 0.1) is 11.6 Å². The highest BCUT2D eigenvalue weighted by atomic mass is 35.5. The largest absolute Gasteiger partial charge is 0.461 e. The number of hydrogen-bond acceptors (Lipinski definition) is 5. The number of carbonyl (C=O) groups excluding carboxylic acids is 1. The van der Waals surface area contributed by atoms with Crippen LogP contribution >= 0.6 is 11.6 Å². The molecule has 0 saturated carbocycles. The molecule has 0 unspecified atom stereocenters. The van der Waals surface area contributed by atoms with E-state index in [4.69, 9.17) is 11.6 Å². The van der Waals surface area contributed by atoms with E-state index in [1.165, 1.54) is 6.92 Å². The topological polar surface area (TPSA) is 83.2 Å². The van der Waals surface area contributed by atoms with Crippen molar-refractivity contribution in [1.29, 1.82) is 0 Å². The van der Waals surface area contributed by atoms with Crippen molar-refractivity contribution in [3.05, 3.63) is 55.2 Å². The summed E-state index contributed by atoms with van der Waals surface area (Å²) in [5.74, 6) is -3.32. The lowest BCUT2D eigenvalue weighted by Gasteiger charge is -2.14. The van der Waals surface area contributed by atoms with Gasteiger partial charge in [0.15, 0.2) is 17.3 Å². The fourth-order valence-electron chi connectivity index (χ4n) is 2.05. The van der Waals surface area contributed by atoms with Gasteiger partial charge < -0.3 is 4.74 Å². The smallest absolute Gasteiger partial charge is 0.431 e. The maximum absolute atomic E-state index is 14.2. The minimum Gasteiger partial charge on any atom is -0.461 e. The molecule has 0 saturated heterocycles. The first kappa shape index (κ1) is 19.6. The van der Waals surface area contributed by atoms with Crippen LogP contribution < -0.4 is 11.2 Å². The number of alkyl halides is 3. The van der Waals surface area contributed by atoms with Gasteiger partial charge in [-0.05, 0) is 13.0 Å². The highest BCUT2D eigenvalue weighted by molar-refractivity contribution is 6.33. The number of hydrogen-bond donors (Lipinski definition) is 0. The summed E-state index contributed by atoms with van der Waals surface area (Å²) in [4.78, 5) is 39.4. The summed E-state index contributed by atoms with van der Waals surface area (Å²) in [7, 11) is 0.751. The zero-order valence-electron chi connectivity index (χ0n) is 13.2. The van der Waals surface area contributed by atoms with Crippen LogP contribution in [0.15, 0.2) is 21.7 Å². The summed E-state index contributed by atoms with van der Waals surface area (Å²) in [6.45, 7) is 1.41. The molecule has 0 aliphatic carbocycles. The van der Waals surface area contributed by atoms with Crippen molar-refractivity contribution in [2.75, 3.05) is 6.61 Å². The molecular weight excluding hydrogens is 386 g/mol. The van der Waals surface area contributed by atoms with Crippen molar-refractivity contribution >= 4 is 17.6 Å². The molecule has 0 aliphatic heterocycles. The summed E-state index contributed by atoms with van der Waals surface area (Å²) in [6, 6.07) is 0.709. The van der Waals surface area contributed by atoms with Gasteiger partial charge in [-0.15, -0.1) is 0 Å². The molecule has 7 nitrogen and oxygen atoms in total. The predicted molar refractivity (Wildman–Crippen MR) is 81.0 cm³/mol. The van der Waals surface area contributed by atoms with Crippen molar-refractivity contribution < 1.29 is 27.1 Å². The van der Waals surface area contributed by atoms with Gasteiger partial charge in [-0.3, -0.25) is 9.36 Å². The Kier molecular flexibility index (Phi) is 5.21. The number of aromatic nitrogens is 3. The SMILES string of the molecule is CCOC(=O)c1nc(-n2c(=O)cc(C(F)(F)F)n(C)c2=O)c(F)cc1Cl. The molecule has 140 valence electrons. The summed E-state index contributed by atoms with van der Waals surface area (Å²) >= 11 is 5.69. The molecule has 0 bridgehead atoms. The van der Waals surface area contributed by atoms with Crippen LogP contribution in [-0.4, -0.2) is 26.7 Å². The summed E-state index contributed by atoms with van der Waals surface area (Å²) in [5.41, 5.74) is -5.11. The number of carbonyl (C=O) groups is 1. The van der Waals surface area contributed by atoms with E-state index in [1.54, 1.807) is 0 Å². The molecule has 2 aromatic heterocycles. The first-order chi connectivity index (χ1) is 12.0. The lowest BCUT2D eigenvalue weighted by Crippen LogP contribution is -2.41. The van der Waals surface area contributed by atoms with Crippen molar-refractivity contribution in [3.63, 3.8) is 0 Å². The first-order valence-corrected chi connectivity index (χ1v) is 7.30. The van der Waals surface area contributed by atoms with E-state index in [9.17, 15) is 31.9 Å². The van der Waals surface area contributed by atoms with Crippen LogP contribution in [0.25, 0.3) is 5.82 Å². The lowest BCUT2D eigenvalue weighted by molar-refractivity contribution is -0.144. The number of rotatable bonds is 3. The molecule has 0 aliphatic rings. The van der Waals surface area contributed by atoms with E-state index >= 15 is 0 Å². The molecule has 0 radical (unpaired) electrons. The molecule has 0 atom stereocenters. The summed E-state index contributed by atoms with van der Waals surface area (Å²) in [6.07, 6.45) is -4.98. The monoisotopic (exact) mass is 395 g/mol. The number of esters is 1. The van der Waals surface area contributed by atoms with Crippen LogP contribution in [0.3, 0.4) is 0 Å². The second kappa shape index (κ2) is 6.90. The molecule has 12 heteroatoms. The zero-order chi connectivity index (χ0) is 19.8. The van der Waals surface area contributed by atoms with E-state index in [1.807, 2.05) is 0 Å². The Balaban J connectivity index is 2.80. The Bertz CT molecular complexity index is 997. The summed E-state index contributed by atoms with van der Waals surface area (Å²) < 4.78 is 57.6. The van der Waals surface area contributed by atoms with E-state index < -0.39 is 51.4 Å². The zero-order valence-corrected chi connectivity index (χ0v) is 14.0. The van der Waals surface area contributed by atoms with Crippen LogP contribution in [0, 0.1) is 5.82 Å². The van der Waals surface area contributed by atoms with Crippen LogP contribution in [0.5, 0.6) is 0 Å². The van der Waals surface area contributed by atoms with Crippen molar-refractivity contribution in [3.8, 4) is 5.82 Å². The molecule has 26 heavy (non-hydrogen) atoms. The number of pyridine rings is 1. The number of nitrogens with zero attached hydrogens (tertiary/aromatic N) is 3. The highest BCUT2D eigenvalue weighted by Gasteiger charge is 2.35. The Morgan fingerprint density at radius 1 is 1.31 bits per heavy atom. The van der Waals surface area contributed by atoms with E-state index in [0.29, 0.717) is 6.07 Å². The minimum absolute atomic E-state index is 0.0592. The molecule has 2 rings (SSSR count). The van der Waals surface area contributed by atoms with Crippen LogP contribution in [0.4, 0.5) is 17.6 Å². The van der Waals surface area contributed by atoms with E-state index in [2.05, 4.69) is 9.72 Å². The van der Waals surface area contributed by atoms with Crippen LogP contribution in [0.2, 0.25) is 5.02 Å². The molecule has 0 spiro atoms. The van der Waals surface area contributed by atoms with Crippen LogP contribution in [-0.2, 0) is 18.0 Å². The molecule has 0 amide bonds. The third kappa shape index (κ3) is 3.47. The fraction of sp³-hybridized carbons (Fsp3) is 0.286. The highest BCUT2D eigenvalue weighted by Crippen LogP contribution is 2.27. The molecule has 0 N–H and O–H groups in total. The second-order valence-corrected chi connectivity index (χ2v) is 5.29. The Labute approximate surface area is 147 Å². The van der Waals surface area contributed by atoms with Gasteiger partial charge in [0.2, 0.25) is 0 Å². The predicted octanol–water partition coefficient (Wildman–Crippen LogP) is 1.92. The van der Waals surface area contributed by atoms with Gasteiger partial charge in [0, 0.05) is 13.1 Å². The molecular formula is C14H10ClF4N3O4. The van der Waals surface area contributed by atoms with Gasteiger partial charge >= 0.3 is 17.8 Å². The quantitative estimate of drug-likeness (QED) is 0.585. The number of halogens is 5. The van der Waals surface area contributed by atoms with Gasteiger partial charge in [-0.2, -0.15) is 13.2 Å². The fourth-order valence-corrected chi connectivity index (χ4v) is 2.26. The van der Waals surface area contributed by atoms with Gasteiger partial charge in [-0.1, -0.05) is 11.6 Å². The van der Waals surface area contributed by atoms with Gasteiger partial charge in [0.25, 0.3) is 5.56 Å². The molecule has 0 aromatic carbocycles. The van der Waals surface area contributed by atoms with Crippen molar-refractivity contribution in [2.24, 2.45) is 7.05 Å². The normalized spacial score (nSPS) is 11.5. The van der Waals surface area contributed by atoms with Crippen LogP contribution in [0.1, 0.15) is 23.1 Å². The van der Waals surface area contributed by atoms with Crippen molar-refractivity contribution in [1.82, 2.24) is 14.1 Å². The third-order valence-corrected chi connectivity index (χ3v) is 3.49. The Morgan fingerprint density at radius 2 is 1.92 bits per heavy atom. The molecule has 0 fully saturated rings. The van der Waals surface area contributed by atoms with Gasteiger partial charge in [0.1, 0.15) is 5.69 Å². The molecule has 2 aromatic rings. The van der Waals surface area contributed by atoms with E-state index in [0.717, 1.165) is 7.05 Å². The maximum atomic E-state index is 14.2. The first-order valence-electron chi connectivity index (χ1n) is 6.92. The lowest BCUT2D eigenvalue weighted by atomic mass is 10.3. The van der Waals surface area contributed by atoms with Gasteiger partial charge in [-0.25, -0.2) is 23.5 Å². The maximum Gasteiger partial charge on any atom is 0.431 e. The minimum atomic E-state index is -4.98. The van der Waals surface area contributed by atoms with Crippen molar-refractivity contribution in [2.45, 2.75) is 13.1 Å².